The smallest absolute Gasteiger partial charge is 0.308 e. The summed E-state index contributed by atoms with van der Waals surface area (Å²) in [5.41, 5.74) is 0.937. The van der Waals surface area contributed by atoms with E-state index in [4.69, 9.17) is 21.9 Å². The summed E-state index contributed by atoms with van der Waals surface area (Å²) < 4.78 is 6.82. The van der Waals surface area contributed by atoms with Crippen molar-refractivity contribution in [1.82, 2.24) is 19.6 Å². The van der Waals surface area contributed by atoms with E-state index in [0.717, 1.165) is 17.3 Å². The number of nitrogens with zero attached hydrogens (tertiary/aromatic N) is 4. The molecule has 2 aliphatic heterocycles. The molecule has 0 radical (unpaired) electrons. The first-order valence-electron chi connectivity index (χ1n) is 11.3. The molecule has 1 N–H and O–H groups in total. The molecule has 12 heteroatoms. The Morgan fingerprint density at radius 1 is 1.36 bits per heavy atom. The molecular weight excluding hydrogens is 502 g/mol. The van der Waals surface area contributed by atoms with Crippen molar-refractivity contribution in [3.63, 3.8) is 0 Å². The lowest BCUT2D eigenvalue weighted by Gasteiger charge is -2.36. The third kappa shape index (κ3) is 4.91. The van der Waals surface area contributed by atoms with Crippen LogP contribution >= 0.6 is 24.0 Å². The largest absolute Gasteiger partial charge is 0.466 e. The number of ether oxygens (including phenoxy) is 1. The standard InChI is InChI=1S/C24H25N5O5S2/c1-4-9-28-23(33)17(36-24(28)35)11-15-20(26-18-7-6-14(3)13-29(18)22(15)32)27-10-8-25-21(31)16(27)12-19(30)34-5-2/h4,6-7,11,13,16H,1,5,8-10,12H2,2-3H3,(H,25,31)/b17-11-. The van der Waals surface area contributed by atoms with E-state index in [2.05, 4.69) is 11.9 Å². The average molecular weight is 528 g/mol. The molecule has 36 heavy (non-hydrogen) atoms. The number of thioether (sulfide) groups is 1. The van der Waals surface area contributed by atoms with Crippen LogP contribution in [0.25, 0.3) is 11.7 Å². The fraction of sp³-hybridized carbons (Fsp3) is 0.333. The predicted molar refractivity (Wildman–Crippen MR) is 142 cm³/mol. The van der Waals surface area contributed by atoms with Crippen molar-refractivity contribution in [2.45, 2.75) is 26.3 Å². The topological polar surface area (TPSA) is 113 Å². The van der Waals surface area contributed by atoms with Crippen LogP contribution in [0, 0.1) is 6.92 Å². The van der Waals surface area contributed by atoms with E-state index >= 15 is 0 Å². The average Bonchev–Trinajstić information content (AvgIpc) is 3.10. The number of carbonyl (C=O) groups excluding carboxylic acids is 3. The first kappa shape index (κ1) is 25.6. The van der Waals surface area contributed by atoms with Crippen LogP contribution < -0.4 is 15.8 Å². The van der Waals surface area contributed by atoms with Crippen molar-refractivity contribution < 1.29 is 19.1 Å². The maximum Gasteiger partial charge on any atom is 0.308 e. The van der Waals surface area contributed by atoms with E-state index < -0.39 is 17.6 Å². The number of rotatable bonds is 7. The zero-order chi connectivity index (χ0) is 26.0. The molecule has 2 aromatic rings. The second kappa shape index (κ2) is 10.6. The van der Waals surface area contributed by atoms with Gasteiger partial charge in [0.1, 0.15) is 21.8 Å². The number of fused-ring (bicyclic) bond motifs is 1. The number of esters is 1. The Morgan fingerprint density at radius 3 is 2.86 bits per heavy atom. The fourth-order valence-corrected chi connectivity index (χ4v) is 5.32. The molecule has 1 atom stereocenters. The van der Waals surface area contributed by atoms with Gasteiger partial charge >= 0.3 is 5.97 Å². The molecule has 4 heterocycles. The van der Waals surface area contributed by atoms with Crippen molar-refractivity contribution in [1.29, 1.82) is 0 Å². The molecular formula is C24H25N5O5S2. The number of carbonyl (C=O) groups is 3. The van der Waals surface area contributed by atoms with E-state index in [1.807, 2.05) is 13.0 Å². The van der Waals surface area contributed by atoms with Gasteiger partial charge in [0.15, 0.2) is 0 Å². The molecule has 10 nitrogen and oxygen atoms in total. The number of piperazine rings is 1. The van der Waals surface area contributed by atoms with Crippen molar-refractivity contribution in [3.05, 3.63) is 57.4 Å². The monoisotopic (exact) mass is 527 g/mol. The number of hydrogen-bond acceptors (Lipinski definition) is 9. The highest BCUT2D eigenvalue weighted by Gasteiger charge is 2.36. The van der Waals surface area contributed by atoms with Crippen LogP contribution in [-0.2, 0) is 19.1 Å². The van der Waals surface area contributed by atoms with Gasteiger partial charge < -0.3 is 15.0 Å². The second-order valence-electron chi connectivity index (χ2n) is 8.18. The highest BCUT2D eigenvalue weighted by atomic mass is 32.2. The van der Waals surface area contributed by atoms with Gasteiger partial charge in [0.05, 0.1) is 23.5 Å². The maximum atomic E-state index is 13.7. The van der Waals surface area contributed by atoms with Crippen LogP contribution in [0.5, 0.6) is 0 Å². The third-order valence-corrected chi connectivity index (χ3v) is 7.09. The molecule has 2 aliphatic rings. The van der Waals surface area contributed by atoms with E-state index in [9.17, 15) is 19.2 Å². The minimum Gasteiger partial charge on any atom is -0.466 e. The zero-order valence-corrected chi connectivity index (χ0v) is 21.5. The van der Waals surface area contributed by atoms with Crippen molar-refractivity contribution in [2.24, 2.45) is 0 Å². The SMILES string of the molecule is C=CCN1C(=O)/C(=C/c2c(N3CCNC(=O)C3CC(=O)OCC)nc3ccc(C)cn3c2=O)SC1=S. The normalized spacial score (nSPS) is 19.2. The van der Waals surface area contributed by atoms with Gasteiger partial charge in [-0.25, -0.2) is 4.98 Å². The minimum absolute atomic E-state index is 0.126. The van der Waals surface area contributed by atoms with Crippen LogP contribution in [0.3, 0.4) is 0 Å². The van der Waals surface area contributed by atoms with E-state index in [-0.39, 0.29) is 47.7 Å². The Kier molecular flexibility index (Phi) is 7.55. The minimum atomic E-state index is -0.931. The number of amides is 2. The van der Waals surface area contributed by atoms with Gasteiger partial charge in [-0.05, 0) is 31.6 Å². The zero-order valence-electron chi connectivity index (χ0n) is 19.9. The summed E-state index contributed by atoms with van der Waals surface area (Å²) >= 11 is 6.41. The molecule has 1 unspecified atom stereocenters. The maximum absolute atomic E-state index is 13.7. The van der Waals surface area contributed by atoms with E-state index in [1.54, 1.807) is 30.2 Å². The Morgan fingerprint density at radius 2 is 2.14 bits per heavy atom. The van der Waals surface area contributed by atoms with Crippen LogP contribution in [0.4, 0.5) is 5.82 Å². The molecule has 2 aromatic heterocycles. The van der Waals surface area contributed by atoms with Crippen LogP contribution in [0.15, 0.2) is 40.7 Å². The summed E-state index contributed by atoms with van der Waals surface area (Å²) in [4.78, 5) is 59.8. The summed E-state index contributed by atoms with van der Waals surface area (Å²) in [5, 5.41) is 2.76. The number of pyridine rings is 1. The highest BCUT2D eigenvalue weighted by molar-refractivity contribution is 8.26. The van der Waals surface area contributed by atoms with Crippen LogP contribution in [0.2, 0.25) is 0 Å². The van der Waals surface area contributed by atoms with Crippen molar-refractivity contribution >= 4 is 63.6 Å². The number of aromatic nitrogens is 2. The summed E-state index contributed by atoms with van der Waals surface area (Å²) in [6.07, 6.45) is 4.49. The van der Waals surface area contributed by atoms with Gasteiger partial charge in [-0.15, -0.1) is 6.58 Å². The van der Waals surface area contributed by atoms with E-state index in [0.29, 0.717) is 23.1 Å². The number of anilines is 1. The molecule has 0 aliphatic carbocycles. The molecule has 2 fully saturated rings. The summed E-state index contributed by atoms with van der Waals surface area (Å²) in [6.45, 7) is 8.23. The number of thiocarbonyl (C=S) groups is 1. The molecule has 0 saturated carbocycles. The fourth-order valence-electron chi connectivity index (χ4n) is 4.06. The number of nitrogens with one attached hydrogen (secondary N) is 1. The van der Waals surface area contributed by atoms with Gasteiger partial charge in [-0.2, -0.15) is 0 Å². The van der Waals surface area contributed by atoms with Crippen LogP contribution in [0.1, 0.15) is 24.5 Å². The van der Waals surface area contributed by atoms with E-state index in [1.165, 1.54) is 15.4 Å². The molecule has 4 rings (SSSR count). The molecule has 0 aromatic carbocycles. The quantitative estimate of drug-likeness (QED) is 0.249. The third-order valence-electron chi connectivity index (χ3n) is 5.71. The first-order valence-corrected chi connectivity index (χ1v) is 12.6. The molecule has 0 spiro atoms. The van der Waals surface area contributed by atoms with Gasteiger partial charge in [0.2, 0.25) is 5.91 Å². The lowest BCUT2D eigenvalue weighted by atomic mass is 10.1. The van der Waals surface area contributed by atoms with Gasteiger partial charge in [-0.3, -0.25) is 28.5 Å². The molecule has 2 saturated heterocycles. The van der Waals surface area contributed by atoms with Crippen molar-refractivity contribution in [3.8, 4) is 0 Å². The Bertz CT molecular complexity index is 1370. The molecule has 188 valence electrons. The lowest BCUT2D eigenvalue weighted by Crippen LogP contribution is -2.57. The number of aryl methyl sites for hydroxylation is 1. The Balaban J connectivity index is 1.89. The molecule has 0 bridgehead atoms. The molecule has 2 amide bonds. The van der Waals surface area contributed by atoms with Gasteiger partial charge in [0.25, 0.3) is 11.5 Å². The van der Waals surface area contributed by atoms with Crippen LogP contribution in [-0.4, -0.2) is 68.7 Å². The summed E-state index contributed by atoms with van der Waals surface area (Å²) in [7, 11) is 0. The Hall–Kier alpha value is -3.51. The summed E-state index contributed by atoms with van der Waals surface area (Å²) in [6, 6.07) is 2.60. The van der Waals surface area contributed by atoms with Crippen molar-refractivity contribution in [2.75, 3.05) is 31.1 Å². The second-order valence-corrected chi connectivity index (χ2v) is 9.86. The summed E-state index contributed by atoms with van der Waals surface area (Å²) in [5.74, 6) is -1.04. The first-order chi connectivity index (χ1) is 17.2. The lowest BCUT2D eigenvalue weighted by molar-refractivity contribution is -0.145. The number of hydrogen-bond donors (Lipinski definition) is 1. The Labute approximate surface area is 217 Å². The highest BCUT2D eigenvalue weighted by Crippen LogP contribution is 2.34. The van der Waals surface area contributed by atoms with Gasteiger partial charge in [-0.1, -0.05) is 36.1 Å². The van der Waals surface area contributed by atoms with Gasteiger partial charge in [0, 0.05) is 25.8 Å². The predicted octanol–water partition coefficient (Wildman–Crippen LogP) is 1.65.